The lowest BCUT2D eigenvalue weighted by molar-refractivity contribution is -0.137. The first-order chi connectivity index (χ1) is 8.72. The standard InChI is InChI=1S/C15H22N2O/c1-2-14(18)17(4-3-16)15-12-6-10-5-11(8-12)9-13(15)7-10/h1,10-13,15H,3-9,16H2. The number of terminal acetylenes is 1. The van der Waals surface area contributed by atoms with Gasteiger partial charge in [0.25, 0.3) is 5.91 Å². The van der Waals surface area contributed by atoms with Crippen LogP contribution in [0.3, 0.4) is 0 Å². The molecular weight excluding hydrogens is 224 g/mol. The molecule has 4 bridgehead atoms. The highest BCUT2D eigenvalue weighted by Crippen LogP contribution is 2.55. The summed E-state index contributed by atoms with van der Waals surface area (Å²) in [5.74, 6) is 5.35. The number of nitrogens with zero attached hydrogens (tertiary/aromatic N) is 1. The highest BCUT2D eigenvalue weighted by Gasteiger charge is 2.50. The van der Waals surface area contributed by atoms with E-state index in [1.54, 1.807) is 0 Å². The van der Waals surface area contributed by atoms with Crippen LogP contribution in [0.25, 0.3) is 0 Å². The normalized spacial score (nSPS) is 40.6. The zero-order valence-electron chi connectivity index (χ0n) is 10.8. The first-order valence-electron chi connectivity index (χ1n) is 7.20. The van der Waals surface area contributed by atoms with Crippen LogP contribution in [0.2, 0.25) is 0 Å². The van der Waals surface area contributed by atoms with Gasteiger partial charge in [-0.25, -0.2) is 0 Å². The van der Waals surface area contributed by atoms with Gasteiger partial charge in [0.15, 0.2) is 0 Å². The summed E-state index contributed by atoms with van der Waals surface area (Å²) in [6, 6.07) is 0.380. The molecule has 1 amide bonds. The average Bonchev–Trinajstić information content (AvgIpc) is 2.35. The van der Waals surface area contributed by atoms with E-state index in [1.807, 2.05) is 4.90 Å². The van der Waals surface area contributed by atoms with Crippen molar-refractivity contribution in [3.63, 3.8) is 0 Å². The molecule has 0 atom stereocenters. The van der Waals surface area contributed by atoms with Crippen molar-refractivity contribution in [3.8, 4) is 12.3 Å². The minimum absolute atomic E-state index is 0.155. The monoisotopic (exact) mass is 246 g/mol. The SMILES string of the molecule is C#CC(=O)N(CCN)C1C2CC3CC(C2)CC1C3. The lowest BCUT2D eigenvalue weighted by Crippen LogP contribution is -2.58. The van der Waals surface area contributed by atoms with Crippen molar-refractivity contribution in [2.75, 3.05) is 13.1 Å². The van der Waals surface area contributed by atoms with Crippen molar-refractivity contribution < 1.29 is 4.79 Å². The maximum absolute atomic E-state index is 12.0. The molecular formula is C15H22N2O. The number of carbonyl (C=O) groups is 1. The Kier molecular flexibility index (Phi) is 3.07. The van der Waals surface area contributed by atoms with Gasteiger partial charge in [-0.05, 0) is 61.7 Å². The van der Waals surface area contributed by atoms with E-state index in [0.717, 1.165) is 11.8 Å². The van der Waals surface area contributed by atoms with E-state index in [0.29, 0.717) is 31.0 Å². The molecule has 4 rings (SSSR count). The van der Waals surface area contributed by atoms with Crippen molar-refractivity contribution >= 4 is 5.91 Å². The van der Waals surface area contributed by atoms with Crippen LogP contribution in [0.4, 0.5) is 0 Å². The Morgan fingerprint density at radius 3 is 2.17 bits per heavy atom. The minimum Gasteiger partial charge on any atom is -0.329 e. The van der Waals surface area contributed by atoms with Gasteiger partial charge < -0.3 is 10.6 Å². The molecule has 0 aromatic carbocycles. The third-order valence-corrected chi connectivity index (χ3v) is 5.29. The molecule has 0 heterocycles. The molecule has 4 aliphatic rings. The summed E-state index contributed by atoms with van der Waals surface area (Å²) in [6.07, 6.45) is 12.0. The average molecular weight is 246 g/mol. The van der Waals surface area contributed by atoms with Gasteiger partial charge in [-0.15, -0.1) is 6.42 Å². The Morgan fingerprint density at radius 2 is 1.72 bits per heavy atom. The Morgan fingerprint density at radius 1 is 1.17 bits per heavy atom. The molecule has 0 saturated heterocycles. The van der Waals surface area contributed by atoms with Crippen LogP contribution < -0.4 is 5.73 Å². The minimum atomic E-state index is -0.155. The van der Waals surface area contributed by atoms with Gasteiger partial charge in [0, 0.05) is 19.1 Å². The molecule has 0 aliphatic heterocycles. The van der Waals surface area contributed by atoms with Crippen LogP contribution >= 0.6 is 0 Å². The van der Waals surface area contributed by atoms with Crippen LogP contribution in [-0.4, -0.2) is 29.9 Å². The van der Waals surface area contributed by atoms with Crippen molar-refractivity contribution in [3.05, 3.63) is 0 Å². The van der Waals surface area contributed by atoms with Crippen molar-refractivity contribution in [1.29, 1.82) is 0 Å². The number of hydrogen-bond donors (Lipinski definition) is 1. The molecule has 18 heavy (non-hydrogen) atoms. The summed E-state index contributed by atoms with van der Waals surface area (Å²) in [5.41, 5.74) is 5.65. The quantitative estimate of drug-likeness (QED) is 0.761. The smallest absolute Gasteiger partial charge is 0.298 e. The number of carbonyl (C=O) groups excluding carboxylic acids is 1. The lowest BCUT2D eigenvalue weighted by atomic mass is 9.54. The molecule has 0 aromatic rings. The van der Waals surface area contributed by atoms with E-state index >= 15 is 0 Å². The number of hydrogen-bond acceptors (Lipinski definition) is 2. The van der Waals surface area contributed by atoms with Gasteiger partial charge in [-0.1, -0.05) is 0 Å². The van der Waals surface area contributed by atoms with Crippen LogP contribution in [0.1, 0.15) is 32.1 Å². The van der Waals surface area contributed by atoms with Crippen LogP contribution in [-0.2, 0) is 4.79 Å². The number of rotatable bonds is 3. The molecule has 3 nitrogen and oxygen atoms in total. The molecule has 4 fully saturated rings. The van der Waals surface area contributed by atoms with Gasteiger partial charge in [0.1, 0.15) is 0 Å². The summed E-state index contributed by atoms with van der Waals surface area (Å²) < 4.78 is 0. The molecule has 98 valence electrons. The van der Waals surface area contributed by atoms with E-state index in [4.69, 9.17) is 12.2 Å². The Balaban J connectivity index is 1.82. The Bertz CT molecular complexity index is 356. The third-order valence-electron chi connectivity index (χ3n) is 5.29. The van der Waals surface area contributed by atoms with Gasteiger partial charge in [0.05, 0.1) is 0 Å². The van der Waals surface area contributed by atoms with E-state index in [9.17, 15) is 4.79 Å². The van der Waals surface area contributed by atoms with E-state index in [2.05, 4.69) is 5.92 Å². The summed E-state index contributed by atoms with van der Waals surface area (Å²) >= 11 is 0. The topological polar surface area (TPSA) is 46.3 Å². The molecule has 4 aliphatic carbocycles. The van der Waals surface area contributed by atoms with Crippen LogP contribution in [0, 0.1) is 36.0 Å². The third kappa shape index (κ3) is 1.83. The highest BCUT2D eigenvalue weighted by molar-refractivity contribution is 5.93. The van der Waals surface area contributed by atoms with Crippen molar-refractivity contribution in [2.24, 2.45) is 29.4 Å². The van der Waals surface area contributed by atoms with Crippen molar-refractivity contribution in [2.45, 2.75) is 38.1 Å². The molecule has 0 radical (unpaired) electrons. The highest BCUT2D eigenvalue weighted by atomic mass is 16.2. The zero-order chi connectivity index (χ0) is 12.7. The fourth-order valence-electron chi connectivity index (χ4n) is 5.01. The maximum atomic E-state index is 12.0. The fourth-order valence-corrected chi connectivity index (χ4v) is 5.01. The Hall–Kier alpha value is -1.01. The van der Waals surface area contributed by atoms with Gasteiger partial charge >= 0.3 is 0 Å². The first kappa shape index (κ1) is 12.0. The number of amides is 1. The predicted molar refractivity (Wildman–Crippen MR) is 70.4 cm³/mol. The van der Waals surface area contributed by atoms with Gasteiger partial charge in [0.2, 0.25) is 0 Å². The molecule has 2 N–H and O–H groups in total. The van der Waals surface area contributed by atoms with Crippen molar-refractivity contribution in [1.82, 2.24) is 4.90 Å². The molecule has 4 saturated carbocycles. The summed E-state index contributed by atoms with van der Waals surface area (Å²) in [4.78, 5) is 13.9. The van der Waals surface area contributed by atoms with Gasteiger partial charge in [-0.2, -0.15) is 0 Å². The Labute approximate surface area is 109 Å². The molecule has 0 spiro atoms. The predicted octanol–water partition coefficient (Wildman–Crippen LogP) is 1.23. The molecule has 0 aromatic heterocycles. The molecule has 0 unspecified atom stereocenters. The maximum Gasteiger partial charge on any atom is 0.298 e. The zero-order valence-corrected chi connectivity index (χ0v) is 10.8. The van der Waals surface area contributed by atoms with Crippen LogP contribution in [0.15, 0.2) is 0 Å². The molecule has 3 heteroatoms. The first-order valence-corrected chi connectivity index (χ1v) is 7.20. The summed E-state index contributed by atoms with van der Waals surface area (Å²) in [6.45, 7) is 1.13. The summed E-state index contributed by atoms with van der Waals surface area (Å²) in [7, 11) is 0. The van der Waals surface area contributed by atoms with E-state index < -0.39 is 0 Å². The largest absolute Gasteiger partial charge is 0.329 e. The van der Waals surface area contributed by atoms with Crippen LogP contribution in [0.5, 0.6) is 0 Å². The number of nitrogens with two attached hydrogens (primary N) is 1. The van der Waals surface area contributed by atoms with Gasteiger partial charge in [-0.3, -0.25) is 4.79 Å². The second-order valence-electron chi connectivity index (χ2n) is 6.35. The lowest BCUT2D eigenvalue weighted by Gasteiger charge is -2.56. The second kappa shape index (κ2) is 4.59. The van der Waals surface area contributed by atoms with E-state index in [1.165, 1.54) is 32.1 Å². The summed E-state index contributed by atoms with van der Waals surface area (Å²) in [5, 5.41) is 0. The fraction of sp³-hybridized carbons (Fsp3) is 0.800. The second-order valence-corrected chi connectivity index (χ2v) is 6.35. The van der Waals surface area contributed by atoms with E-state index in [-0.39, 0.29) is 5.91 Å².